The van der Waals surface area contributed by atoms with E-state index >= 15 is 0 Å². The second-order valence-electron chi connectivity index (χ2n) is 2.62. The summed E-state index contributed by atoms with van der Waals surface area (Å²) in [6.07, 6.45) is 3.90. The maximum atomic E-state index is 11.3. The Bertz CT molecular complexity index is 263. The van der Waals surface area contributed by atoms with E-state index in [1.54, 1.807) is 6.08 Å². The molecule has 4 heteroatoms. The van der Waals surface area contributed by atoms with Gasteiger partial charge in [0.2, 0.25) is 0 Å². The fourth-order valence-corrected chi connectivity index (χ4v) is 0.727. The van der Waals surface area contributed by atoms with Crippen molar-refractivity contribution in [1.29, 1.82) is 5.26 Å². The van der Waals surface area contributed by atoms with E-state index < -0.39 is 0 Å². The van der Waals surface area contributed by atoms with Crippen molar-refractivity contribution in [3.63, 3.8) is 0 Å². The molecular weight excluding hydrogens is 178 g/mol. The SMILES string of the molecule is C=CCN/C=C(/C#N)C(=O)NCCC. The molecule has 0 aliphatic carbocycles. The molecule has 0 fully saturated rings. The van der Waals surface area contributed by atoms with Crippen LogP contribution < -0.4 is 10.6 Å². The van der Waals surface area contributed by atoms with Crippen LogP contribution in [0, 0.1) is 11.3 Å². The third kappa shape index (κ3) is 4.99. The molecule has 0 saturated carbocycles. The van der Waals surface area contributed by atoms with E-state index in [0.29, 0.717) is 13.1 Å². The van der Waals surface area contributed by atoms with Gasteiger partial charge in [0, 0.05) is 19.3 Å². The lowest BCUT2D eigenvalue weighted by Gasteiger charge is -2.01. The summed E-state index contributed by atoms with van der Waals surface area (Å²) in [5.74, 6) is -0.342. The Balaban J connectivity index is 4.12. The molecule has 1 amide bonds. The predicted molar refractivity (Wildman–Crippen MR) is 55.2 cm³/mol. The average Bonchev–Trinajstić information content (AvgIpc) is 2.21. The number of nitriles is 1. The summed E-state index contributed by atoms with van der Waals surface area (Å²) in [6, 6.07) is 1.82. The second kappa shape index (κ2) is 7.87. The minimum Gasteiger partial charge on any atom is -0.386 e. The quantitative estimate of drug-likeness (QED) is 0.282. The van der Waals surface area contributed by atoms with Crippen LogP contribution in [-0.2, 0) is 4.79 Å². The van der Waals surface area contributed by atoms with Crippen LogP contribution in [0.25, 0.3) is 0 Å². The van der Waals surface area contributed by atoms with Gasteiger partial charge in [0.05, 0.1) is 0 Å². The molecule has 2 N–H and O–H groups in total. The molecule has 0 aromatic rings. The zero-order valence-corrected chi connectivity index (χ0v) is 8.34. The molecule has 0 heterocycles. The van der Waals surface area contributed by atoms with Crippen molar-refractivity contribution in [1.82, 2.24) is 10.6 Å². The topological polar surface area (TPSA) is 64.9 Å². The number of nitrogens with one attached hydrogen (secondary N) is 2. The summed E-state index contributed by atoms with van der Waals surface area (Å²) in [7, 11) is 0. The van der Waals surface area contributed by atoms with Crippen LogP contribution in [0.2, 0.25) is 0 Å². The number of hydrogen-bond donors (Lipinski definition) is 2. The molecule has 0 bridgehead atoms. The van der Waals surface area contributed by atoms with Crippen molar-refractivity contribution in [2.24, 2.45) is 0 Å². The first-order valence-corrected chi connectivity index (χ1v) is 4.49. The number of carbonyl (C=O) groups is 1. The van der Waals surface area contributed by atoms with Crippen molar-refractivity contribution in [2.45, 2.75) is 13.3 Å². The molecule has 0 atom stereocenters. The van der Waals surface area contributed by atoms with E-state index in [0.717, 1.165) is 6.42 Å². The van der Waals surface area contributed by atoms with E-state index in [-0.39, 0.29) is 11.5 Å². The molecule has 0 unspecified atom stereocenters. The summed E-state index contributed by atoms with van der Waals surface area (Å²) < 4.78 is 0. The van der Waals surface area contributed by atoms with E-state index in [2.05, 4.69) is 17.2 Å². The predicted octanol–water partition coefficient (Wildman–Crippen LogP) is 0.696. The van der Waals surface area contributed by atoms with Crippen LogP contribution >= 0.6 is 0 Å². The Morgan fingerprint density at radius 2 is 2.36 bits per heavy atom. The van der Waals surface area contributed by atoms with Crippen molar-refractivity contribution >= 4 is 5.91 Å². The molecule has 0 aliphatic rings. The van der Waals surface area contributed by atoms with Gasteiger partial charge in [0.15, 0.2) is 0 Å². The molecule has 0 radical (unpaired) electrons. The van der Waals surface area contributed by atoms with Gasteiger partial charge in [-0.05, 0) is 6.42 Å². The monoisotopic (exact) mass is 193 g/mol. The van der Waals surface area contributed by atoms with Gasteiger partial charge in [-0.15, -0.1) is 6.58 Å². The first kappa shape index (κ1) is 12.2. The highest BCUT2D eigenvalue weighted by Gasteiger charge is 2.06. The van der Waals surface area contributed by atoms with Gasteiger partial charge in [-0.25, -0.2) is 0 Å². The summed E-state index contributed by atoms with van der Waals surface area (Å²) in [4.78, 5) is 11.3. The molecule has 14 heavy (non-hydrogen) atoms. The highest BCUT2D eigenvalue weighted by atomic mass is 16.1. The average molecular weight is 193 g/mol. The van der Waals surface area contributed by atoms with E-state index in [4.69, 9.17) is 5.26 Å². The maximum Gasteiger partial charge on any atom is 0.263 e. The summed E-state index contributed by atoms with van der Waals surface area (Å²) >= 11 is 0. The van der Waals surface area contributed by atoms with Crippen LogP contribution in [0.15, 0.2) is 24.4 Å². The van der Waals surface area contributed by atoms with Gasteiger partial charge in [-0.1, -0.05) is 13.0 Å². The number of nitrogens with zero attached hydrogens (tertiary/aromatic N) is 1. The standard InChI is InChI=1S/C10H15N3O/c1-3-5-12-8-9(7-11)10(14)13-6-4-2/h3,8,12H,1,4-6H2,2H3,(H,13,14)/b9-8-. The summed E-state index contributed by atoms with van der Waals surface area (Å²) in [5, 5.41) is 14.0. The van der Waals surface area contributed by atoms with E-state index in [1.165, 1.54) is 6.20 Å². The molecular formula is C10H15N3O. The van der Waals surface area contributed by atoms with Crippen molar-refractivity contribution in [2.75, 3.05) is 13.1 Å². The van der Waals surface area contributed by atoms with Crippen molar-refractivity contribution in [3.05, 3.63) is 24.4 Å². The van der Waals surface area contributed by atoms with E-state index in [9.17, 15) is 4.79 Å². The van der Waals surface area contributed by atoms with Gasteiger partial charge >= 0.3 is 0 Å². The van der Waals surface area contributed by atoms with Crippen molar-refractivity contribution < 1.29 is 4.79 Å². The highest BCUT2D eigenvalue weighted by Crippen LogP contribution is 1.90. The van der Waals surface area contributed by atoms with Gasteiger partial charge in [0.1, 0.15) is 11.6 Å². The minimum atomic E-state index is -0.342. The fraction of sp³-hybridized carbons (Fsp3) is 0.400. The Morgan fingerprint density at radius 3 is 2.86 bits per heavy atom. The lowest BCUT2D eigenvalue weighted by atomic mass is 10.3. The summed E-state index contributed by atoms with van der Waals surface area (Å²) in [5.41, 5.74) is 0.0836. The maximum absolute atomic E-state index is 11.3. The molecule has 4 nitrogen and oxygen atoms in total. The number of amides is 1. The zero-order chi connectivity index (χ0) is 10.8. The largest absolute Gasteiger partial charge is 0.386 e. The Hall–Kier alpha value is -1.76. The molecule has 0 aromatic carbocycles. The van der Waals surface area contributed by atoms with Crippen molar-refractivity contribution in [3.8, 4) is 6.07 Å². The minimum absolute atomic E-state index is 0.0836. The molecule has 0 saturated heterocycles. The van der Waals surface area contributed by atoms with Crippen LogP contribution in [-0.4, -0.2) is 19.0 Å². The number of rotatable bonds is 6. The highest BCUT2D eigenvalue weighted by molar-refractivity contribution is 5.97. The smallest absolute Gasteiger partial charge is 0.263 e. The molecule has 0 spiro atoms. The van der Waals surface area contributed by atoms with Gasteiger partial charge in [0.25, 0.3) is 5.91 Å². The zero-order valence-electron chi connectivity index (χ0n) is 8.34. The first-order valence-electron chi connectivity index (χ1n) is 4.49. The number of hydrogen-bond acceptors (Lipinski definition) is 3. The molecule has 0 aliphatic heterocycles. The molecule has 76 valence electrons. The Morgan fingerprint density at radius 1 is 1.64 bits per heavy atom. The van der Waals surface area contributed by atoms with Crippen LogP contribution in [0.4, 0.5) is 0 Å². The van der Waals surface area contributed by atoms with Gasteiger partial charge in [-0.2, -0.15) is 5.26 Å². The number of carbonyl (C=O) groups excluding carboxylic acids is 1. The van der Waals surface area contributed by atoms with Gasteiger partial charge < -0.3 is 10.6 Å². The molecule has 0 aromatic heterocycles. The molecule has 0 rings (SSSR count). The van der Waals surface area contributed by atoms with Crippen LogP contribution in [0.1, 0.15) is 13.3 Å². The lowest BCUT2D eigenvalue weighted by molar-refractivity contribution is -0.117. The van der Waals surface area contributed by atoms with Crippen LogP contribution in [0.5, 0.6) is 0 Å². The Kier molecular flexibility index (Phi) is 6.88. The fourth-order valence-electron chi connectivity index (χ4n) is 0.727. The normalized spacial score (nSPS) is 10.1. The Labute approximate surface area is 84.3 Å². The first-order chi connectivity index (χ1) is 6.76. The lowest BCUT2D eigenvalue weighted by Crippen LogP contribution is -2.26. The third-order valence-corrected chi connectivity index (χ3v) is 1.41. The van der Waals surface area contributed by atoms with Gasteiger partial charge in [-0.3, -0.25) is 4.79 Å². The van der Waals surface area contributed by atoms with E-state index in [1.807, 2.05) is 13.0 Å². The summed E-state index contributed by atoms with van der Waals surface area (Å²) in [6.45, 7) is 6.57. The second-order valence-corrected chi connectivity index (χ2v) is 2.62. The third-order valence-electron chi connectivity index (χ3n) is 1.41. The van der Waals surface area contributed by atoms with Crippen LogP contribution in [0.3, 0.4) is 0 Å².